The quantitative estimate of drug-likeness (QED) is 0.893. The van der Waals surface area contributed by atoms with Crippen LogP contribution in [0.4, 0.5) is 0 Å². The van der Waals surface area contributed by atoms with Gasteiger partial charge in [0.05, 0.1) is 6.04 Å². The zero-order chi connectivity index (χ0) is 15.6. The normalized spacial score (nSPS) is 12.6. The molecule has 0 saturated heterocycles. The minimum atomic E-state index is -0.315. The molecule has 6 nitrogen and oxygen atoms in total. The fraction of sp³-hybridized carbons (Fsp3) is 0.500. The predicted octanol–water partition coefficient (Wildman–Crippen LogP) is 0.954. The topological polar surface area (TPSA) is 68.9 Å². The van der Waals surface area contributed by atoms with Crippen molar-refractivity contribution in [2.45, 2.75) is 32.9 Å². The summed E-state index contributed by atoms with van der Waals surface area (Å²) in [7, 11) is 3.13. The van der Waals surface area contributed by atoms with Crippen LogP contribution in [0.15, 0.2) is 22.0 Å². The highest BCUT2D eigenvalue weighted by atomic mass is 32.1. The van der Waals surface area contributed by atoms with Crippen molar-refractivity contribution in [1.29, 1.82) is 0 Å². The van der Waals surface area contributed by atoms with Crippen molar-refractivity contribution in [2.24, 2.45) is 14.1 Å². The molecule has 2 aromatic heterocycles. The number of nitrogens with one attached hydrogen (secondary N) is 1. The predicted molar refractivity (Wildman–Crippen MR) is 83.7 cm³/mol. The van der Waals surface area contributed by atoms with Crippen molar-refractivity contribution in [2.75, 3.05) is 0 Å². The second-order valence-electron chi connectivity index (χ2n) is 5.03. The summed E-state index contributed by atoms with van der Waals surface area (Å²) in [6.07, 6.45) is 4.46. The molecule has 2 aromatic rings. The Hall–Kier alpha value is -1.73. The molecule has 0 aliphatic rings. The molecule has 7 heteroatoms. The summed E-state index contributed by atoms with van der Waals surface area (Å²) < 4.78 is 2.54. The van der Waals surface area contributed by atoms with E-state index in [-0.39, 0.29) is 17.3 Å². The number of aryl methyl sites for hydroxylation is 2. The second-order valence-corrected chi connectivity index (χ2v) is 6.18. The highest BCUT2D eigenvalue weighted by Crippen LogP contribution is 2.20. The van der Waals surface area contributed by atoms with Crippen LogP contribution >= 0.6 is 11.3 Å². The summed E-state index contributed by atoms with van der Waals surface area (Å²) >= 11 is 1.68. The first-order valence-corrected chi connectivity index (χ1v) is 7.69. The molecule has 1 atom stereocenters. The van der Waals surface area contributed by atoms with Crippen molar-refractivity contribution < 1.29 is 0 Å². The van der Waals surface area contributed by atoms with Gasteiger partial charge in [-0.2, -0.15) is 0 Å². The van der Waals surface area contributed by atoms with E-state index in [2.05, 4.69) is 17.2 Å². The molecule has 0 bridgehead atoms. The first-order chi connectivity index (χ1) is 9.93. The number of aromatic nitrogens is 3. The lowest BCUT2D eigenvalue weighted by atomic mass is 10.3. The third kappa shape index (κ3) is 3.30. The smallest absolute Gasteiger partial charge is 0.304 e. The van der Waals surface area contributed by atoms with E-state index in [1.807, 2.05) is 13.1 Å². The number of rotatable bonds is 5. The van der Waals surface area contributed by atoms with E-state index in [9.17, 15) is 9.59 Å². The molecule has 0 spiro atoms. The molecule has 0 amide bonds. The van der Waals surface area contributed by atoms with Crippen LogP contribution in [0.3, 0.4) is 0 Å². The van der Waals surface area contributed by atoms with Crippen molar-refractivity contribution in [3.63, 3.8) is 0 Å². The van der Waals surface area contributed by atoms with Crippen LogP contribution in [-0.4, -0.2) is 14.1 Å². The largest absolute Gasteiger partial charge is 0.330 e. The standard InChI is InChI=1S/C14H20N4O2S/c1-5-11-7-16-12(21-11)9(2)15-6-10-8-17(3)14(20)18(4)13(10)19/h7-9,15H,5-6H2,1-4H3. The molecule has 21 heavy (non-hydrogen) atoms. The molecule has 0 aliphatic heterocycles. The number of nitrogens with zero attached hydrogens (tertiary/aromatic N) is 3. The van der Waals surface area contributed by atoms with Crippen LogP contribution in [-0.2, 0) is 27.1 Å². The molecular weight excluding hydrogens is 288 g/mol. The fourth-order valence-corrected chi connectivity index (χ4v) is 2.92. The van der Waals surface area contributed by atoms with Gasteiger partial charge in [-0.1, -0.05) is 6.92 Å². The van der Waals surface area contributed by atoms with Gasteiger partial charge in [0.2, 0.25) is 0 Å². The van der Waals surface area contributed by atoms with Crippen LogP contribution in [0.2, 0.25) is 0 Å². The Bertz CT molecular complexity index is 744. The first kappa shape index (κ1) is 15.7. The first-order valence-electron chi connectivity index (χ1n) is 6.87. The molecule has 2 heterocycles. The van der Waals surface area contributed by atoms with E-state index in [1.54, 1.807) is 24.6 Å². The maximum absolute atomic E-state index is 12.0. The number of hydrogen-bond acceptors (Lipinski definition) is 5. The maximum atomic E-state index is 12.0. The summed E-state index contributed by atoms with van der Waals surface area (Å²) in [5.74, 6) is 0. The Kier molecular flexibility index (Phi) is 4.74. The van der Waals surface area contributed by atoms with Gasteiger partial charge in [0, 0.05) is 43.5 Å². The van der Waals surface area contributed by atoms with E-state index in [1.165, 1.54) is 16.5 Å². The van der Waals surface area contributed by atoms with Crippen LogP contribution < -0.4 is 16.6 Å². The molecule has 0 radical (unpaired) electrons. The second kappa shape index (κ2) is 6.36. The highest BCUT2D eigenvalue weighted by molar-refractivity contribution is 7.11. The summed E-state index contributed by atoms with van der Waals surface area (Å²) in [5.41, 5.74) is -0.00535. The average Bonchev–Trinajstić information content (AvgIpc) is 2.96. The van der Waals surface area contributed by atoms with E-state index < -0.39 is 0 Å². The number of thiazole rings is 1. The Morgan fingerprint density at radius 2 is 2.10 bits per heavy atom. The van der Waals surface area contributed by atoms with Gasteiger partial charge < -0.3 is 9.88 Å². The van der Waals surface area contributed by atoms with Gasteiger partial charge in [-0.05, 0) is 13.3 Å². The third-order valence-electron chi connectivity index (χ3n) is 3.41. The van der Waals surface area contributed by atoms with Crippen LogP contribution in [0.5, 0.6) is 0 Å². The van der Waals surface area contributed by atoms with E-state index >= 15 is 0 Å². The van der Waals surface area contributed by atoms with Crippen molar-refractivity contribution in [3.05, 3.63) is 48.7 Å². The lowest BCUT2D eigenvalue weighted by Gasteiger charge is -2.12. The molecule has 1 N–H and O–H groups in total. The summed E-state index contributed by atoms with van der Waals surface area (Å²) in [6, 6.07) is 0.0669. The van der Waals surface area contributed by atoms with Gasteiger partial charge in [-0.15, -0.1) is 11.3 Å². The lowest BCUT2D eigenvalue weighted by molar-refractivity contribution is 0.556. The monoisotopic (exact) mass is 308 g/mol. The summed E-state index contributed by atoms with van der Waals surface area (Å²) in [4.78, 5) is 29.3. The Morgan fingerprint density at radius 3 is 2.71 bits per heavy atom. The number of hydrogen-bond donors (Lipinski definition) is 1. The Labute approximate surface area is 127 Å². The molecular formula is C14H20N4O2S. The van der Waals surface area contributed by atoms with Crippen LogP contribution in [0.1, 0.15) is 35.3 Å². The average molecular weight is 308 g/mol. The zero-order valence-corrected chi connectivity index (χ0v) is 13.5. The van der Waals surface area contributed by atoms with E-state index in [4.69, 9.17) is 0 Å². The van der Waals surface area contributed by atoms with Crippen molar-refractivity contribution in [1.82, 2.24) is 19.4 Å². The summed E-state index contributed by atoms with van der Waals surface area (Å²) in [5, 5.41) is 4.29. The fourth-order valence-electron chi connectivity index (χ4n) is 2.04. The van der Waals surface area contributed by atoms with E-state index in [0.29, 0.717) is 12.1 Å². The Morgan fingerprint density at radius 1 is 1.38 bits per heavy atom. The molecule has 1 unspecified atom stereocenters. The van der Waals surface area contributed by atoms with Gasteiger partial charge in [0.25, 0.3) is 5.56 Å². The lowest BCUT2D eigenvalue weighted by Crippen LogP contribution is -2.39. The zero-order valence-electron chi connectivity index (χ0n) is 12.7. The van der Waals surface area contributed by atoms with Gasteiger partial charge in [-0.25, -0.2) is 9.78 Å². The molecule has 114 valence electrons. The minimum absolute atomic E-state index is 0.0669. The van der Waals surface area contributed by atoms with Crippen molar-refractivity contribution in [3.8, 4) is 0 Å². The SMILES string of the molecule is CCc1cnc(C(C)NCc2cn(C)c(=O)n(C)c2=O)s1. The third-order valence-corrected chi connectivity index (χ3v) is 4.73. The molecule has 2 rings (SSSR count). The Balaban J connectivity index is 2.13. The minimum Gasteiger partial charge on any atom is -0.304 e. The van der Waals surface area contributed by atoms with Crippen LogP contribution in [0, 0.1) is 0 Å². The van der Waals surface area contributed by atoms with Gasteiger partial charge >= 0.3 is 5.69 Å². The van der Waals surface area contributed by atoms with Crippen LogP contribution in [0.25, 0.3) is 0 Å². The van der Waals surface area contributed by atoms with E-state index in [0.717, 1.165) is 16.0 Å². The summed E-state index contributed by atoms with van der Waals surface area (Å²) in [6.45, 7) is 4.53. The van der Waals surface area contributed by atoms with Gasteiger partial charge in [-0.3, -0.25) is 9.36 Å². The molecule has 0 aromatic carbocycles. The van der Waals surface area contributed by atoms with Crippen molar-refractivity contribution >= 4 is 11.3 Å². The van der Waals surface area contributed by atoms with Gasteiger partial charge in [0.1, 0.15) is 5.01 Å². The highest BCUT2D eigenvalue weighted by Gasteiger charge is 2.12. The van der Waals surface area contributed by atoms with Gasteiger partial charge in [0.15, 0.2) is 0 Å². The molecule has 0 aliphatic carbocycles. The molecule has 0 saturated carbocycles. The molecule has 0 fully saturated rings. The maximum Gasteiger partial charge on any atom is 0.330 e.